The van der Waals surface area contributed by atoms with E-state index in [-0.39, 0.29) is 22.2 Å². The molecule has 0 aromatic heterocycles. The molecule has 126 valence electrons. The van der Waals surface area contributed by atoms with E-state index in [1.807, 2.05) is 18.2 Å². The Bertz CT molecular complexity index is 731. The zero-order chi connectivity index (χ0) is 17.7. The van der Waals surface area contributed by atoms with E-state index in [0.29, 0.717) is 0 Å². The van der Waals surface area contributed by atoms with Crippen molar-refractivity contribution in [3.63, 3.8) is 0 Å². The van der Waals surface area contributed by atoms with E-state index in [0.717, 1.165) is 5.56 Å². The summed E-state index contributed by atoms with van der Waals surface area (Å²) in [6.45, 7) is 1.36. The molecule has 1 atom stereocenters. The van der Waals surface area contributed by atoms with Crippen molar-refractivity contribution in [1.82, 2.24) is 5.32 Å². The van der Waals surface area contributed by atoms with Crippen molar-refractivity contribution in [2.75, 3.05) is 0 Å². The van der Waals surface area contributed by atoms with E-state index >= 15 is 0 Å². The first-order chi connectivity index (χ1) is 11.3. The van der Waals surface area contributed by atoms with Gasteiger partial charge < -0.3 is 15.2 Å². The highest BCUT2D eigenvalue weighted by molar-refractivity contribution is 6.34. The molecule has 1 unspecified atom stereocenters. The van der Waals surface area contributed by atoms with Crippen LogP contribution in [0.2, 0.25) is 10.0 Å². The number of aliphatic carboxylic acids is 1. The molecule has 0 aliphatic rings. The summed E-state index contributed by atoms with van der Waals surface area (Å²) in [5.74, 6) is -1.27. The Hall–Kier alpha value is -2.24. The smallest absolute Gasteiger partial charge is 0.408 e. The third kappa shape index (κ3) is 4.40. The fourth-order valence-corrected chi connectivity index (χ4v) is 2.58. The molecule has 1 amide bonds. The third-order valence-corrected chi connectivity index (χ3v) is 3.87. The molecule has 0 aliphatic carbocycles. The number of rotatable bonds is 5. The van der Waals surface area contributed by atoms with Crippen molar-refractivity contribution in [3.05, 3.63) is 69.7 Å². The highest BCUT2D eigenvalue weighted by atomic mass is 35.5. The number of amides is 1. The van der Waals surface area contributed by atoms with Gasteiger partial charge in [-0.15, -0.1) is 0 Å². The van der Waals surface area contributed by atoms with Gasteiger partial charge >= 0.3 is 12.1 Å². The first kappa shape index (κ1) is 18.1. The Balaban J connectivity index is 2.15. The van der Waals surface area contributed by atoms with E-state index in [1.165, 1.54) is 25.1 Å². The molecule has 2 rings (SSSR count). The zero-order valence-corrected chi connectivity index (χ0v) is 14.3. The Labute approximate surface area is 149 Å². The summed E-state index contributed by atoms with van der Waals surface area (Å²) < 4.78 is 5.08. The van der Waals surface area contributed by atoms with Crippen LogP contribution >= 0.6 is 23.2 Å². The number of halogens is 2. The minimum Gasteiger partial charge on any atom is -0.479 e. The van der Waals surface area contributed by atoms with Crippen LogP contribution in [-0.2, 0) is 21.7 Å². The molecule has 0 spiro atoms. The maximum atomic E-state index is 12.0. The van der Waals surface area contributed by atoms with Crippen LogP contribution in [0, 0.1) is 0 Å². The number of benzene rings is 2. The van der Waals surface area contributed by atoms with E-state index in [4.69, 9.17) is 27.9 Å². The number of carboxylic acids is 1. The molecule has 0 saturated carbocycles. The molecular formula is C17H15Cl2NO4. The molecule has 24 heavy (non-hydrogen) atoms. The highest BCUT2D eigenvalue weighted by Gasteiger charge is 2.38. The normalized spacial score (nSPS) is 13.0. The summed E-state index contributed by atoms with van der Waals surface area (Å²) >= 11 is 11.8. The maximum absolute atomic E-state index is 12.0. The largest absolute Gasteiger partial charge is 0.479 e. The number of nitrogens with one attached hydrogen (secondary N) is 1. The van der Waals surface area contributed by atoms with Gasteiger partial charge in [0, 0.05) is 10.0 Å². The van der Waals surface area contributed by atoms with Gasteiger partial charge in [0.05, 0.1) is 0 Å². The van der Waals surface area contributed by atoms with Crippen LogP contribution in [-0.4, -0.2) is 17.2 Å². The van der Waals surface area contributed by atoms with Crippen molar-refractivity contribution in [2.24, 2.45) is 0 Å². The van der Waals surface area contributed by atoms with E-state index < -0.39 is 17.6 Å². The van der Waals surface area contributed by atoms with Crippen molar-refractivity contribution in [2.45, 2.75) is 19.1 Å². The molecule has 2 aromatic carbocycles. The Morgan fingerprint density at radius 3 is 2.25 bits per heavy atom. The van der Waals surface area contributed by atoms with Gasteiger partial charge in [0.1, 0.15) is 6.61 Å². The Kier molecular flexibility index (Phi) is 5.70. The van der Waals surface area contributed by atoms with Crippen molar-refractivity contribution >= 4 is 35.3 Å². The third-order valence-electron chi connectivity index (χ3n) is 3.43. The lowest BCUT2D eigenvalue weighted by molar-refractivity contribution is -0.144. The van der Waals surface area contributed by atoms with Gasteiger partial charge in [-0.3, -0.25) is 0 Å². The van der Waals surface area contributed by atoms with Crippen LogP contribution in [0.15, 0.2) is 48.5 Å². The predicted molar refractivity (Wildman–Crippen MR) is 91.2 cm³/mol. The molecule has 0 fully saturated rings. The van der Waals surface area contributed by atoms with Crippen molar-refractivity contribution in [1.29, 1.82) is 0 Å². The topological polar surface area (TPSA) is 75.6 Å². The van der Waals surface area contributed by atoms with E-state index in [2.05, 4.69) is 5.32 Å². The van der Waals surface area contributed by atoms with Gasteiger partial charge in [-0.2, -0.15) is 0 Å². The van der Waals surface area contributed by atoms with Crippen LogP contribution in [0.3, 0.4) is 0 Å². The number of alkyl carbamates (subject to hydrolysis) is 1. The number of carboxylic acid groups (broad SMARTS) is 1. The zero-order valence-electron chi connectivity index (χ0n) is 12.8. The van der Waals surface area contributed by atoms with Crippen LogP contribution in [0.25, 0.3) is 0 Å². The molecule has 5 nitrogen and oxygen atoms in total. The lowest BCUT2D eigenvalue weighted by atomic mass is 9.92. The van der Waals surface area contributed by atoms with Crippen LogP contribution < -0.4 is 5.32 Å². The number of hydrogen-bond acceptors (Lipinski definition) is 3. The number of ether oxygens (including phenoxy) is 1. The number of carbonyl (C=O) groups excluding carboxylic acids is 1. The maximum Gasteiger partial charge on any atom is 0.408 e. The van der Waals surface area contributed by atoms with Gasteiger partial charge in [-0.05, 0) is 36.2 Å². The number of carbonyl (C=O) groups is 2. The van der Waals surface area contributed by atoms with Gasteiger partial charge in [0.15, 0.2) is 5.54 Å². The van der Waals surface area contributed by atoms with Gasteiger partial charge in [0.25, 0.3) is 0 Å². The summed E-state index contributed by atoms with van der Waals surface area (Å²) in [5.41, 5.74) is -0.706. The minimum atomic E-state index is -1.73. The summed E-state index contributed by atoms with van der Waals surface area (Å²) in [5, 5.41) is 12.4. The fourth-order valence-electron chi connectivity index (χ4n) is 2.05. The summed E-state index contributed by atoms with van der Waals surface area (Å²) in [7, 11) is 0. The molecule has 0 bridgehead atoms. The van der Waals surface area contributed by atoms with E-state index in [9.17, 15) is 14.7 Å². The average Bonchev–Trinajstić information content (AvgIpc) is 2.52. The lowest BCUT2D eigenvalue weighted by Crippen LogP contribution is -2.49. The summed E-state index contributed by atoms with van der Waals surface area (Å²) in [4.78, 5) is 23.7. The highest BCUT2D eigenvalue weighted by Crippen LogP contribution is 2.28. The van der Waals surface area contributed by atoms with Crippen molar-refractivity contribution in [3.8, 4) is 0 Å². The first-order valence-electron chi connectivity index (χ1n) is 7.00. The van der Waals surface area contributed by atoms with Crippen molar-refractivity contribution < 1.29 is 19.4 Å². The summed E-state index contributed by atoms with van der Waals surface area (Å²) in [6, 6.07) is 13.4. The van der Waals surface area contributed by atoms with Crippen LogP contribution in [0.4, 0.5) is 4.79 Å². The monoisotopic (exact) mass is 367 g/mol. The molecule has 2 N–H and O–H groups in total. The van der Waals surface area contributed by atoms with Gasteiger partial charge in [-0.1, -0.05) is 53.5 Å². The molecule has 2 aromatic rings. The molecule has 0 saturated heterocycles. The summed E-state index contributed by atoms with van der Waals surface area (Å²) in [6.07, 6.45) is -0.861. The second kappa shape index (κ2) is 7.55. The quantitative estimate of drug-likeness (QED) is 0.829. The SMILES string of the molecule is CC(NC(=O)OCc1ccccc1)(C(=O)O)c1cc(Cl)cc(Cl)c1. The molecule has 7 heteroatoms. The van der Waals surface area contributed by atoms with Gasteiger partial charge in [0.2, 0.25) is 0 Å². The first-order valence-corrected chi connectivity index (χ1v) is 7.75. The second-order valence-electron chi connectivity index (χ2n) is 5.28. The Morgan fingerprint density at radius 2 is 1.71 bits per heavy atom. The fraction of sp³-hybridized carbons (Fsp3) is 0.176. The lowest BCUT2D eigenvalue weighted by Gasteiger charge is -2.26. The van der Waals surface area contributed by atoms with Crippen LogP contribution in [0.1, 0.15) is 18.1 Å². The van der Waals surface area contributed by atoms with E-state index in [1.54, 1.807) is 12.1 Å². The molecule has 0 radical (unpaired) electrons. The average molecular weight is 368 g/mol. The predicted octanol–water partition coefficient (Wildman–Crippen LogP) is 4.22. The Morgan fingerprint density at radius 1 is 1.12 bits per heavy atom. The van der Waals surface area contributed by atoms with Gasteiger partial charge in [-0.25, -0.2) is 9.59 Å². The second-order valence-corrected chi connectivity index (χ2v) is 6.15. The molecule has 0 aliphatic heterocycles. The number of hydrogen-bond donors (Lipinski definition) is 2. The standard InChI is InChI=1S/C17H15Cl2NO4/c1-17(15(21)22,12-7-13(18)9-14(19)8-12)20-16(23)24-10-11-5-3-2-4-6-11/h2-9H,10H2,1H3,(H,20,23)(H,21,22). The molecule has 0 heterocycles. The van der Waals surface area contributed by atoms with Crippen LogP contribution in [0.5, 0.6) is 0 Å². The molecular weight excluding hydrogens is 353 g/mol. The minimum absolute atomic E-state index is 0.0265.